The second-order valence-corrected chi connectivity index (χ2v) is 3.00. The van der Waals surface area contributed by atoms with Crippen molar-refractivity contribution in [3.05, 3.63) is 23.9 Å². The first-order valence-electron chi connectivity index (χ1n) is 3.65. The fraction of sp³-hybridized carbons (Fsp3) is 0.375. The van der Waals surface area contributed by atoms with Crippen molar-refractivity contribution in [2.24, 2.45) is 0 Å². The standard InChI is InChI=1S/C8H10N2O/c9-7-2-1-6(5-10-7)8(11)3-4-8/h1-2,5,11H,3-4H2,(H2,9,10). The van der Waals surface area contributed by atoms with Crippen molar-refractivity contribution in [3.8, 4) is 0 Å². The first-order chi connectivity index (χ1) is 5.21. The van der Waals surface area contributed by atoms with Crippen LogP contribution < -0.4 is 5.73 Å². The van der Waals surface area contributed by atoms with Gasteiger partial charge in [-0.2, -0.15) is 0 Å². The minimum atomic E-state index is -0.583. The number of pyridine rings is 1. The highest BCUT2D eigenvalue weighted by Gasteiger charge is 2.42. The van der Waals surface area contributed by atoms with Crippen LogP contribution in [-0.4, -0.2) is 10.1 Å². The van der Waals surface area contributed by atoms with Crippen molar-refractivity contribution in [3.63, 3.8) is 0 Å². The summed E-state index contributed by atoms with van der Waals surface area (Å²) in [6, 6.07) is 3.54. The average molecular weight is 150 g/mol. The maximum Gasteiger partial charge on any atom is 0.123 e. The number of aliphatic hydroxyl groups is 1. The van der Waals surface area contributed by atoms with Gasteiger partial charge in [0.2, 0.25) is 0 Å². The number of nitrogen functional groups attached to an aromatic ring is 1. The topological polar surface area (TPSA) is 59.1 Å². The van der Waals surface area contributed by atoms with Crippen LogP contribution in [0.4, 0.5) is 5.82 Å². The molecule has 1 aliphatic rings. The Kier molecular flexibility index (Phi) is 1.17. The summed E-state index contributed by atoms with van der Waals surface area (Å²) in [6.45, 7) is 0. The lowest BCUT2D eigenvalue weighted by molar-refractivity contribution is 0.151. The molecule has 0 aromatic carbocycles. The van der Waals surface area contributed by atoms with Gasteiger partial charge in [0, 0.05) is 11.8 Å². The molecule has 1 fully saturated rings. The van der Waals surface area contributed by atoms with Crippen molar-refractivity contribution in [1.29, 1.82) is 0 Å². The van der Waals surface area contributed by atoms with E-state index in [1.807, 2.05) is 6.07 Å². The summed E-state index contributed by atoms with van der Waals surface area (Å²) in [5.74, 6) is 0.498. The Labute approximate surface area is 64.9 Å². The molecule has 1 heterocycles. The van der Waals surface area contributed by atoms with E-state index in [9.17, 15) is 5.11 Å². The minimum absolute atomic E-state index is 0.498. The van der Waals surface area contributed by atoms with Gasteiger partial charge in [0.25, 0.3) is 0 Å². The first kappa shape index (κ1) is 6.61. The van der Waals surface area contributed by atoms with E-state index < -0.39 is 5.60 Å². The van der Waals surface area contributed by atoms with Crippen LogP contribution in [0.2, 0.25) is 0 Å². The molecule has 0 saturated heterocycles. The number of nitrogens with two attached hydrogens (primary N) is 1. The number of rotatable bonds is 1. The van der Waals surface area contributed by atoms with E-state index in [0.717, 1.165) is 18.4 Å². The number of hydrogen-bond donors (Lipinski definition) is 2. The molecule has 0 aliphatic heterocycles. The van der Waals surface area contributed by atoms with Crippen LogP contribution in [-0.2, 0) is 5.60 Å². The van der Waals surface area contributed by atoms with E-state index in [2.05, 4.69) is 4.98 Å². The van der Waals surface area contributed by atoms with E-state index in [1.54, 1.807) is 12.3 Å². The zero-order valence-corrected chi connectivity index (χ0v) is 6.12. The lowest BCUT2D eigenvalue weighted by Gasteiger charge is -2.05. The van der Waals surface area contributed by atoms with E-state index in [-0.39, 0.29) is 0 Å². The molecule has 3 nitrogen and oxygen atoms in total. The predicted molar refractivity (Wildman–Crippen MR) is 41.8 cm³/mol. The van der Waals surface area contributed by atoms with E-state index in [0.29, 0.717) is 5.82 Å². The van der Waals surface area contributed by atoms with Crippen molar-refractivity contribution in [2.45, 2.75) is 18.4 Å². The molecule has 0 spiro atoms. The quantitative estimate of drug-likeness (QED) is 0.617. The fourth-order valence-electron chi connectivity index (χ4n) is 1.09. The molecule has 1 saturated carbocycles. The largest absolute Gasteiger partial charge is 0.385 e. The second kappa shape index (κ2) is 1.95. The Balaban J connectivity index is 2.33. The summed E-state index contributed by atoms with van der Waals surface area (Å²) in [4.78, 5) is 3.90. The maximum absolute atomic E-state index is 9.61. The van der Waals surface area contributed by atoms with Gasteiger partial charge in [-0.15, -0.1) is 0 Å². The predicted octanol–water partition coefficient (Wildman–Crippen LogP) is 0.645. The van der Waals surface area contributed by atoms with Crippen LogP contribution in [0.5, 0.6) is 0 Å². The third kappa shape index (κ3) is 1.07. The SMILES string of the molecule is Nc1ccc(C2(O)CC2)cn1. The molecule has 1 aromatic rings. The molecule has 1 aromatic heterocycles. The summed E-state index contributed by atoms with van der Waals surface area (Å²) in [5.41, 5.74) is 5.70. The Morgan fingerprint density at radius 1 is 1.45 bits per heavy atom. The normalized spacial score (nSPS) is 19.7. The van der Waals surface area contributed by atoms with Gasteiger partial charge in [0.1, 0.15) is 5.82 Å². The van der Waals surface area contributed by atoms with Crippen LogP contribution >= 0.6 is 0 Å². The highest BCUT2D eigenvalue weighted by Crippen LogP contribution is 2.44. The number of hydrogen-bond acceptors (Lipinski definition) is 3. The molecule has 0 atom stereocenters. The zero-order valence-electron chi connectivity index (χ0n) is 6.12. The average Bonchev–Trinajstić information content (AvgIpc) is 2.70. The second-order valence-electron chi connectivity index (χ2n) is 3.00. The van der Waals surface area contributed by atoms with Crippen molar-refractivity contribution < 1.29 is 5.11 Å². The van der Waals surface area contributed by atoms with Gasteiger partial charge in [-0.3, -0.25) is 0 Å². The zero-order chi connectivity index (χ0) is 7.90. The molecule has 3 N–H and O–H groups in total. The molecular formula is C8H10N2O. The van der Waals surface area contributed by atoms with E-state index >= 15 is 0 Å². The Morgan fingerprint density at radius 3 is 2.64 bits per heavy atom. The first-order valence-corrected chi connectivity index (χ1v) is 3.65. The van der Waals surface area contributed by atoms with E-state index in [4.69, 9.17) is 5.73 Å². The van der Waals surface area contributed by atoms with Crippen molar-refractivity contribution >= 4 is 5.82 Å². The molecule has 1 aliphatic carbocycles. The monoisotopic (exact) mass is 150 g/mol. The molecular weight excluding hydrogens is 140 g/mol. The Bertz CT molecular complexity index is 264. The van der Waals surface area contributed by atoms with Crippen LogP contribution in [0.1, 0.15) is 18.4 Å². The number of aromatic nitrogens is 1. The third-order valence-corrected chi connectivity index (χ3v) is 2.05. The van der Waals surface area contributed by atoms with Gasteiger partial charge in [0.15, 0.2) is 0 Å². The van der Waals surface area contributed by atoms with Crippen LogP contribution in [0.15, 0.2) is 18.3 Å². The summed E-state index contributed by atoms with van der Waals surface area (Å²) >= 11 is 0. The number of anilines is 1. The molecule has 58 valence electrons. The van der Waals surface area contributed by atoms with E-state index in [1.165, 1.54) is 0 Å². The van der Waals surface area contributed by atoms with Crippen LogP contribution in [0, 0.1) is 0 Å². The molecule has 0 bridgehead atoms. The summed E-state index contributed by atoms with van der Waals surface area (Å²) in [6.07, 6.45) is 3.33. The van der Waals surface area contributed by atoms with Crippen LogP contribution in [0.25, 0.3) is 0 Å². The van der Waals surface area contributed by atoms with Gasteiger partial charge in [-0.05, 0) is 18.9 Å². The van der Waals surface area contributed by atoms with Crippen molar-refractivity contribution in [1.82, 2.24) is 4.98 Å². The molecule has 11 heavy (non-hydrogen) atoms. The lowest BCUT2D eigenvalue weighted by atomic mass is 10.1. The van der Waals surface area contributed by atoms with Gasteiger partial charge in [-0.1, -0.05) is 6.07 Å². The number of nitrogens with zero attached hydrogens (tertiary/aromatic N) is 1. The summed E-state index contributed by atoms with van der Waals surface area (Å²) in [7, 11) is 0. The van der Waals surface area contributed by atoms with Crippen LogP contribution in [0.3, 0.4) is 0 Å². The Hall–Kier alpha value is -1.09. The summed E-state index contributed by atoms with van der Waals surface area (Å²) in [5, 5.41) is 9.61. The third-order valence-electron chi connectivity index (χ3n) is 2.05. The molecule has 0 amide bonds. The van der Waals surface area contributed by atoms with Gasteiger partial charge in [0.05, 0.1) is 5.60 Å². The van der Waals surface area contributed by atoms with Gasteiger partial charge >= 0.3 is 0 Å². The molecule has 3 heteroatoms. The molecule has 2 rings (SSSR count). The Morgan fingerprint density at radius 2 is 2.18 bits per heavy atom. The minimum Gasteiger partial charge on any atom is -0.385 e. The summed E-state index contributed by atoms with van der Waals surface area (Å²) < 4.78 is 0. The highest BCUT2D eigenvalue weighted by atomic mass is 16.3. The smallest absolute Gasteiger partial charge is 0.123 e. The molecule has 0 radical (unpaired) electrons. The molecule has 0 unspecified atom stereocenters. The van der Waals surface area contributed by atoms with Gasteiger partial charge < -0.3 is 10.8 Å². The lowest BCUT2D eigenvalue weighted by Crippen LogP contribution is -2.04. The van der Waals surface area contributed by atoms with Crippen molar-refractivity contribution in [2.75, 3.05) is 5.73 Å². The maximum atomic E-state index is 9.61. The fourth-order valence-corrected chi connectivity index (χ4v) is 1.09. The van der Waals surface area contributed by atoms with Gasteiger partial charge in [-0.25, -0.2) is 4.98 Å². The highest BCUT2D eigenvalue weighted by molar-refractivity contribution is 5.33.